The predicted molar refractivity (Wildman–Crippen MR) is 68.3 cm³/mol. The maximum absolute atomic E-state index is 6.42. The molecule has 1 fully saturated rings. The zero-order valence-electron chi connectivity index (χ0n) is 9.33. The molecule has 2 rings (SSSR count). The van der Waals surface area contributed by atoms with E-state index in [0.29, 0.717) is 12.0 Å². The zero-order chi connectivity index (χ0) is 11.5. The van der Waals surface area contributed by atoms with E-state index in [4.69, 9.17) is 27.9 Å². The van der Waals surface area contributed by atoms with Crippen molar-refractivity contribution in [2.75, 3.05) is 6.61 Å². The Morgan fingerprint density at radius 3 is 2.81 bits per heavy atom. The number of hydrogen-bond acceptors (Lipinski definition) is 1. The SMILES string of the molecule is CC1CC(C(Cl)Cc2ccccc2Cl)CO1. The minimum absolute atomic E-state index is 0.116. The molecule has 3 heteroatoms. The molecule has 3 unspecified atom stereocenters. The maximum atomic E-state index is 6.42. The molecule has 0 radical (unpaired) electrons. The normalized spacial score (nSPS) is 26.9. The van der Waals surface area contributed by atoms with Gasteiger partial charge in [-0.15, -0.1) is 11.6 Å². The third-order valence-corrected chi connectivity index (χ3v) is 3.99. The molecule has 0 aliphatic carbocycles. The van der Waals surface area contributed by atoms with Crippen LogP contribution in [0.1, 0.15) is 18.9 Å². The van der Waals surface area contributed by atoms with Gasteiger partial charge in [0.25, 0.3) is 0 Å². The summed E-state index contributed by atoms with van der Waals surface area (Å²) in [4.78, 5) is 0. The molecule has 1 aliphatic rings. The number of hydrogen-bond donors (Lipinski definition) is 0. The standard InChI is InChI=1S/C13H16Cl2O/c1-9-6-11(8-16-9)13(15)7-10-4-2-3-5-12(10)14/h2-5,9,11,13H,6-8H2,1H3. The van der Waals surface area contributed by atoms with Crippen LogP contribution in [0.4, 0.5) is 0 Å². The predicted octanol–water partition coefficient (Wildman–Crippen LogP) is 3.91. The molecule has 1 aromatic carbocycles. The van der Waals surface area contributed by atoms with Crippen molar-refractivity contribution >= 4 is 23.2 Å². The lowest BCUT2D eigenvalue weighted by Gasteiger charge is -2.16. The molecule has 0 bridgehead atoms. The Labute approximate surface area is 107 Å². The summed E-state index contributed by atoms with van der Waals surface area (Å²) in [6, 6.07) is 7.89. The van der Waals surface area contributed by atoms with Crippen molar-refractivity contribution in [3.63, 3.8) is 0 Å². The second kappa shape index (κ2) is 5.39. The van der Waals surface area contributed by atoms with Gasteiger partial charge in [0.15, 0.2) is 0 Å². The van der Waals surface area contributed by atoms with E-state index >= 15 is 0 Å². The van der Waals surface area contributed by atoms with Gasteiger partial charge in [-0.05, 0) is 31.4 Å². The quantitative estimate of drug-likeness (QED) is 0.748. The molecule has 1 heterocycles. The van der Waals surface area contributed by atoms with Crippen LogP contribution in [0.2, 0.25) is 5.02 Å². The van der Waals surface area contributed by atoms with Crippen molar-refractivity contribution in [2.45, 2.75) is 31.2 Å². The Morgan fingerprint density at radius 1 is 1.44 bits per heavy atom. The molecule has 1 saturated heterocycles. The van der Waals surface area contributed by atoms with Gasteiger partial charge in [-0.2, -0.15) is 0 Å². The van der Waals surface area contributed by atoms with E-state index in [9.17, 15) is 0 Å². The fourth-order valence-electron chi connectivity index (χ4n) is 2.14. The molecule has 0 N–H and O–H groups in total. The smallest absolute Gasteiger partial charge is 0.0551 e. The van der Waals surface area contributed by atoms with Crippen LogP contribution in [0.25, 0.3) is 0 Å². The number of ether oxygens (including phenoxy) is 1. The summed E-state index contributed by atoms with van der Waals surface area (Å²) in [6.07, 6.45) is 2.22. The van der Waals surface area contributed by atoms with Crippen LogP contribution in [-0.4, -0.2) is 18.1 Å². The average Bonchev–Trinajstić information content (AvgIpc) is 2.68. The van der Waals surface area contributed by atoms with Crippen molar-refractivity contribution in [3.05, 3.63) is 34.9 Å². The van der Waals surface area contributed by atoms with Crippen LogP contribution >= 0.6 is 23.2 Å². The van der Waals surface area contributed by atoms with Crippen molar-refractivity contribution < 1.29 is 4.74 Å². The summed E-state index contributed by atoms with van der Waals surface area (Å²) in [5.41, 5.74) is 1.13. The van der Waals surface area contributed by atoms with E-state index in [1.54, 1.807) is 0 Å². The molecular formula is C13H16Cl2O. The largest absolute Gasteiger partial charge is 0.378 e. The summed E-state index contributed by atoms with van der Waals surface area (Å²) < 4.78 is 5.54. The number of alkyl halides is 1. The molecule has 1 nitrogen and oxygen atoms in total. The molecule has 16 heavy (non-hydrogen) atoms. The van der Waals surface area contributed by atoms with Gasteiger partial charge in [0.1, 0.15) is 0 Å². The number of benzene rings is 1. The summed E-state index contributed by atoms with van der Waals surface area (Å²) in [7, 11) is 0. The monoisotopic (exact) mass is 258 g/mol. The molecule has 0 amide bonds. The fraction of sp³-hybridized carbons (Fsp3) is 0.538. The molecule has 1 aliphatic heterocycles. The summed E-state index contributed by atoms with van der Waals surface area (Å²) >= 11 is 12.5. The van der Waals surface area contributed by atoms with Gasteiger partial charge in [0, 0.05) is 16.3 Å². The second-order valence-electron chi connectivity index (χ2n) is 4.45. The van der Waals surface area contributed by atoms with Gasteiger partial charge < -0.3 is 4.74 Å². The first-order valence-corrected chi connectivity index (χ1v) is 6.47. The van der Waals surface area contributed by atoms with E-state index in [1.165, 1.54) is 0 Å². The lowest BCUT2D eigenvalue weighted by molar-refractivity contribution is 0.120. The van der Waals surface area contributed by atoms with E-state index in [1.807, 2.05) is 24.3 Å². The summed E-state index contributed by atoms with van der Waals surface area (Å²) in [6.45, 7) is 2.87. The first-order valence-electron chi connectivity index (χ1n) is 5.66. The Hall–Kier alpha value is -0.240. The average molecular weight is 259 g/mol. The summed E-state index contributed by atoms with van der Waals surface area (Å²) in [5, 5.41) is 0.921. The minimum atomic E-state index is 0.116. The maximum Gasteiger partial charge on any atom is 0.0551 e. The van der Waals surface area contributed by atoms with Gasteiger partial charge in [0.2, 0.25) is 0 Å². The lowest BCUT2D eigenvalue weighted by atomic mass is 9.96. The first kappa shape index (κ1) is 12.2. The van der Waals surface area contributed by atoms with Gasteiger partial charge in [-0.1, -0.05) is 29.8 Å². The van der Waals surface area contributed by atoms with E-state index < -0.39 is 0 Å². The van der Waals surface area contributed by atoms with Crippen LogP contribution in [-0.2, 0) is 11.2 Å². The van der Waals surface area contributed by atoms with Crippen molar-refractivity contribution in [1.82, 2.24) is 0 Å². The topological polar surface area (TPSA) is 9.23 Å². The Kier molecular flexibility index (Phi) is 4.12. The number of rotatable bonds is 3. The van der Waals surface area contributed by atoms with Crippen LogP contribution in [0.5, 0.6) is 0 Å². The Balaban J connectivity index is 1.97. The minimum Gasteiger partial charge on any atom is -0.378 e. The number of halogens is 2. The Morgan fingerprint density at radius 2 is 2.19 bits per heavy atom. The second-order valence-corrected chi connectivity index (χ2v) is 5.42. The van der Waals surface area contributed by atoms with E-state index in [2.05, 4.69) is 6.92 Å². The molecule has 0 saturated carbocycles. The van der Waals surface area contributed by atoms with E-state index in [0.717, 1.165) is 30.0 Å². The molecule has 0 aromatic heterocycles. The molecule has 0 spiro atoms. The zero-order valence-corrected chi connectivity index (χ0v) is 10.8. The van der Waals surface area contributed by atoms with Crippen LogP contribution in [0, 0.1) is 5.92 Å². The Bertz CT molecular complexity index is 354. The van der Waals surface area contributed by atoms with Crippen molar-refractivity contribution in [2.24, 2.45) is 5.92 Å². The first-order chi connectivity index (χ1) is 7.66. The summed E-state index contributed by atoms with van der Waals surface area (Å²) in [5.74, 6) is 0.452. The van der Waals surface area contributed by atoms with Crippen molar-refractivity contribution in [1.29, 1.82) is 0 Å². The molecule has 1 aromatic rings. The third-order valence-electron chi connectivity index (χ3n) is 3.11. The highest BCUT2D eigenvalue weighted by molar-refractivity contribution is 6.31. The molecule has 3 atom stereocenters. The highest BCUT2D eigenvalue weighted by Gasteiger charge is 2.28. The van der Waals surface area contributed by atoms with Crippen LogP contribution < -0.4 is 0 Å². The third kappa shape index (κ3) is 2.91. The molecular weight excluding hydrogens is 243 g/mol. The van der Waals surface area contributed by atoms with Gasteiger partial charge in [-0.25, -0.2) is 0 Å². The van der Waals surface area contributed by atoms with Gasteiger partial charge in [0.05, 0.1) is 12.7 Å². The fourth-order valence-corrected chi connectivity index (χ4v) is 2.70. The molecule has 88 valence electrons. The van der Waals surface area contributed by atoms with Gasteiger partial charge >= 0.3 is 0 Å². The highest BCUT2D eigenvalue weighted by atomic mass is 35.5. The van der Waals surface area contributed by atoms with Gasteiger partial charge in [-0.3, -0.25) is 0 Å². The van der Waals surface area contributed by atoms with E-state index in [-0.39, 0.29) is 5.38 Å². The van der Waals surface area contributed by atoms with Crippen LogP contribution in [0.3, 0.4) is 0 Å². The lowest BCUT2D eigenvalue weighted by Crippen LogP contribution is -2.18. The van der Waals surface area contributed by atoms with Crippen LogP contribution in [0.15, 0.2) is 24.3 Å². The highest BCUT2D eigenvalue weighted by Crippen LogP contribution is 2.29. The van der Waals surface area contributed by atoms with Crippen molar-refractivity contribution in [3.8, 4) is 0 Å².